The molecule has 1 radical (unpaired) electrons. The molecular weight excluding hydrogens is 881 g/mol. The predicted octanol–water partition coefficient (Wildman–Crippen LogP) is 12.4. The minimum atomic E-state index is -2.19. The molecule has 6 aromatic carbocycles. The van der Waals surface area contributed by atoms with Crippen LogP contribution in [0.2, 0.25) is 39.3 Å². The summed E-state index contributed by atoms with van der Waals surface area (Å²) in [5, 5.41) is 9.88. The third-order valence-electron chi connectivity index (χ3n) is 10.1. The number of pyridine rings is 2. The van der Waals surface area contributed by atoms with Gasteiger partial charge in [-0.25, -0.2) is 0 Å². The molecule has 55 heavy (non-hydrogen) atoms. The van der Waals surface area contributed by atoms with Crippen LogP contribution in [-0.2, 0) is 20.1 Å². The van der Waals surface area contributed by atoms with Crippen molar-refractivity contribution in [2.45, 2.75) is 46.1 Å². The van der Waals surface area contributed by atoms with E-state index in [4.69, 9.17) is 8.53 Å². The van der Waals surface area contributed by atoms with Gasteiger partial charge in [0.15, 0.2) is 0 Å². The fourth-order valence-electron chi connectivity index (χ4n) is 7.01. The number of nitrogens with zero attached hydrogens (tertiary/aromatic N) is 2. The van der Waals surface area contributed by atoms with Crippen LogP contribution in [0, 0.1) is 19.0 Å². The van der Waals surface area contributed by atoms with E-state index >= 15 is 0 Å². The van der Waals surface area contributed by atoms with E-state index in [-0.39, 0.29) is 20.1 Å². The van der Waals surface area contributed by atoms with Crippen molar-refractivity contribution in [2.24, 2.45) is 0 Å². The second-order valence-electron chi connectivity index (χ2n) is 16.0. The number of aromatic nitrogens is 2. The average molecular weight is 928 g/mol. The maximum absolute atomic E-state index is 7.86. The van der Waals surface area contributed by atoms with Gasteiger partial charge in [-0.1, -0.05) is 152 Å². The molecule has 275 valence electrons. The molecule has 9 aromatic rings. The van der Waals surface area contributed by atoms with Gasteiger partial charge >= 0.3 is 0 Å². The molecule has 0 bridgehead atoms. The van der Waals surface area contributed by atoms with Crippen LogP contribution >= 0.6 is 0 Å². The topological polar surface area (TPSA) is 38.9 Å². The third kappa shape index (κ3) is 7.78. The molecule has 0 atom stereocenters. The Morgan fingerprint density at radius 3 is 2.00 bits per heavy atom. The quantitative estimate of drug-likeness (QED) is 0.0981. The van der Waals surface area contributed by atoms with Crippen LogP contribution in [-0.4, -0.2) is 26.1 Å². The van der Waals surface area contributed by atoms with Gasteiger partial charge in [0.1, 0.15) is 5.58 Å². The number of rotatable bonds is 5. The first-order valence-corrected chi connectivity index (χ1v) is 25.4. The van der Waals surface area contributed by atoms with E-state index in [1.165, 1.54) is 31.9 Å². The summed E-state index contributed by atoms with van der Waals surface area (Å²) in [5.74, 6) is 0. The summed E-state index contributed by atoms with van der Waals surface area (Å²) in [5.41, 5.74) is 7.18. The van der Waals surface area contributed by atoms with Crippen LogP contribution in [0.5, 0.6) is 0 Å². The number of benzene rings is 6. The number of aryl methyl sites for hydroxylation is 1. The molecule has 0 aliphatic carbocycles. The maximum Gasteiger partial charge on any atom is 0.121 e. The first-order chi connectivity index (χ1) is 27.1. The molecule has 0 aliphatic rings. The standard InChI is InChI=1S/C28H22NOSi.C21H22NSi.Ir/c1-31(2,3)20-13-14-29-26(16-20)23-10-6-9-22-25-15-19-12-11-18-7-4-5-8-21(18)24(19)17-27(25)30-28(22)23;1-16-10-11-18(14-20(16)17-8-6-5-7-9-17)21-15-19(12-13-22-21)23(2,3)4;/h4-9,11-17H,1-3H3;5-10,12-15H,1-4H3;/q2*-1;/i;1D3;. The zero-order chi connectivity index (χ0) is 40.1. The summed E-state index contributed by atoms with van der Waals surface area (Å²) in [6.45, 7) is 11.8. The number of fused-ring (bicyclic) bond motifs is 6. The Morgan fingerprint density at radius 2 is 1.27 bits per heavy atom. The predicted molar refractivity (Wildman–Crippen MR) is 235 cm³/mol. The summed E-state index contributed by atoms with van der Waals surface area (Å²) < 4.78 is 30.0. The Morgan fingerprint density at radius 1 is 0.600 bits per heavy atom. The fourth-order valence-corrected chi connectivity index (χ4v) is 9.29. The second kappa shape index (κ2) is 15.3. The van der Waals surface area contributed by atoms with Gasteiger partial charge in [-0.05, 0) is 62.8 Å². The molecular formula is C49H44IrN2OSi2-2. The number of hydrogen-bond donors (Lipinski definition) is 0. The van der Waals surface area contributed by atoms with Crippen LogP contribution in [0.4, 0.5) is 0 Å². The summed E-state index contributed by atoms with van der Waals surface area (Å²) in [6, 6.07) is 49.6. The molecule has 9 rings (SSSR count). The van der Waals surface area contributed by atoms with Gasteiger partial charge in [0.05, 0.1) is 21.7 Å². The summed E-state index contributed by atoms with van der Waals surface area (Å²) >= 11 is 0. The van der Waals surface area contributed by atoms with Gasteiger partial charge in [0.2, 0.25) is 0 Å². The second-order valence-corrected chi connectivity index (χ2v) is 26.1. The molecule has 3 aromatic heterocycles. The Balaban J connectivity index is 0.000000177. The smallest absolute Gasteiger partial charge is 0.121 e. The van der Waals surface area contributed by atoms with E-state index in [0.717, 1.165) is 50.0 Å². The Bertz CT molecular complexity index is 2930. The van der Waals surface area contributed by atoms with E-state index in [1.54, 1.807) is 6.07 Å². The summed E-state index contributed by atoms with van der Waals surface area (Å²) in [6.07, 6.45) is 3.75. The molecule has 0 amide bonds. The minimum absolute atomic E-state index is 0. The molecule has 0 fully saturated rings. The van der Waals surface area contributed by atoms with Crippen LogP contribution in [0.15, 0.2) is 144 Å². The molecule has 0 N–H and O–H groups in total. The molecule has 0 saturated heterocycles. The molecule has 0 spiro atoms. The molecule has 6 heteroatoms. The molecule has 0 aliphatic heterocycles. The van der Waals surface area contributed by atoms with Gasteiger partial charge < -0.3 is 14.4 Å². The van der Waals surface area contributed by atoms with Crippen LogP contribution < -0.4 is 10.4 Å². The summed E-state index contributed by atoms with van der Waals surface area (Å²) in [7, 11) is -2.90. The van der Waals surface area contributed by atoms with E-state index in [1.807, 2.05) is 54.9 Å². The normalized spacial score (nSPS) is 12.8. The molecule has 3 heterocycles. The van der Waals surface area contributed by atoms with Crippen molar-refractivity contribution >= 4 is 70.0 Å². The van der Waals surface area contributed by atoms with Crippen molar-refractivity contribution in [1.29, 1.82) is 0 Å². The SMILES string of the molecule is C[Si](C)(C)c1ccnc(-c2[c-]ccc3c2oc2cc4c(ccc5ccccc54)cc23)c1.[2H]C([2H])([2H])c1c[c-]c(-c2cc([Si](C)(C)C)ccn2)cc1-c1ccccc1.[Ir]. The minimum Gasteiger partial charge on any atom is -0.501 e. The monoisotopic (exact) mass is 928 g/mol. The number of furan rings is 1. The van der Waals surface area contributed by atoms with Gasteiger partial charge in [-0.3, -0.25) is 0 Å². The van der Waals surface area contributed by atoms with Crippen molar-refractivity contribution in [1.82, 2.24) is 9.97 Å². The number of hydrogen-bond acceptors (Lipinski definition) is 3. The van der Waals surface area contributed by atoms with Crippen molar-refractivity contribution in [2.75, 3.05) is 0 Å². The molecule has 0 unspecified atom stereocenters. The largest absolute Gasteiger partial charge is 0.501 e. The van der Waals surface area contributed by atoms with E-state index in [2.05, 4.69) is 140 Å². The maximum atomic E-state index is 7.86. The third-order valence-corrected chi connectivity index (χ3v) is 14.2. The molecule has 0 saturated carbocycles. The van der Waals surface area contributed by atoms with Crippen molar-refractivity contribution in [3.8, 4) is 33.6 Å². The average Bonchev–Trinajstić information content (AvgIpc) is 3.57. The first-order valence-electron chi connectivity index (χ1n) is 19.9. The Kier molecular flexibility index (Phi) is 9.59. The van der Waals surface area contributed by atoms with Gasteiger partial charge in [0.25, 0.3) is 0 Å². The van der Waals surface area contributed by atoms with Crippen molar-refractivity contribution in [3.63, 3.8) is 0 Å². The van der Waals surface area contributed by atoms with Crippen LogP contribution in [0.3, 0.4) is 0 Å². The van der Waals surface area contributed by atoms with Gasteiger partial charge in [-0.2, -0.15) is 0 Å². The van der Waals surface area contributed by atoms with Crippen molar-refractivity contribution in [3.05, 3.63) is 157 Å². The van der Waals surface area contributed by atoms with E-state index in [0.29, 0.717) is 11.1 Å². The fraction of sp³-hybridized carbons (Fsp3) is 0.143. The first kappa shape index (κ1) is 34.5. The van der Waals surface area contributed by atoms with E-state index < -0.39 is 23.0 Å². The Labute approximate surface area is 344 Å². The van der Waals surface area contributed by atoms with Crippen LogP contribution in [0.25, 0.3) is 77.1 Å². The van der Waals surface area contributed by atoms with Crippen LogP contribution in [0.1, 0.15) is 9.68 Å². The van der Waals surface area contributed by atoms with Crippen molar-refractivity contribution < 1.29 is 28.6 Å². The summed E-state index contributed by atoms with van der Waals surface area (Å²) in [4.78, 5) is 9.17. The zero-order valence-corrected chi connectivity index (χ0v) is 36.3. The zero-order valence-electron chi connectivity index (χ0n) is 34.9. The van der Waals surface area contributed by atoms with E-state index in [9.17, 15) is 0 Å². The molecule has 3 nitrogen and oxygen atoms in total. The van der Waals surface area contributed by atoms with Gasteiger partial charge in [-0.15, -0.1) is 47.5 Å². The Hall–Kier alpha value is -4.98. The van der Waals surface area contributed by atoms with Gasteiger partial charge in [0, 0.05) is 42.0 Å².